The molecule has 30 heavy (non-hydrogen) atoms. The maximum absolute atomic E-state index is 13.4. The third kappa shape index (κ3) is 3.71. The van der Waals surface area contributed by atoms with Gasteiger partial charge in [0.15, 0.2) is 11.6 Å². The molecule has 0 saturated carbocycles. The molecular weight excluding hydrogens is 409 g/mol. The molecule has 1 aliphatic rings. The molecule has 0 atom stereocenters. The van der Waals surface area contributed by atoms with Crippen LogP contribution >= 0.6 is 0 Å². The van der Waals surface area contributed by atoms with Crippen molar-refractivity contribution in [2.45, 2.75) is 18.2 Å². The fraction of sp³-hybridized carbons (Fsp3) is 0.143. The van der Waals surface area contributed by atoms with Crippen LogP contribution < -0.4 is 10.2 Å². The highest BCUT2D eigenvalue weighted by atomic mass is 32.2. The first-order valence-corrected chi connectivity index (χ1v) is 10.7. The smallest absolute Gasteiger partial charge is 0.286 e. The van der Waals surface area contributed by atoms with Crippen LogP contribution in [0.5, 0.6) is 0 Å². The zero-order chi connectivity index (χ0) is 21.3. The Bertz CT molecular complexity index is 1240. The van der Waals surface area contributed by atoms with Gasteiger partial charge in [0.25, 0.3) is 15.9 Å². The van der Waals surface area contributed by atoms with Gasteiger partial charge in [0.1, 0.15) is 10.7 Å². The van der Waals surface area contributed by atoms with Crippen LogP contribution in [0, 0.1) is 5.82 Å². The summed E-state index contributed by atoms with van der Waals surface area (Å²) in [5, 5.41) is 2.60. The van der Waals surface area contributed by atoms with Crippen molar-refractivity contribution in [3.8, 4) is 0 Å². The van der Waals surface area contributed by atoms with Crippen LogP contribution in [0.15, 0.2) is 74.6 Å². The molecule has 9 heteroatoms. The van der Waals surface area contributed by atoms with Crippen LogP contribution in [0.2, 0.25) is 0 Å². The summed E-state index contributed by atoms with van der Waals surface area (Å²) in [7, 11) is -4.02. The molecule has 1 N–H and O–H groups in total. The second-order valence-corrected chi connectivity index (χ2v) is 8.24. The van der Waals surface area contributed by atoms with Crippen LogP contribution in [0.25, 0.3) is 0 Å². The summed E-state index contributed by atoms with van der Waals surface area (Å²) in [5.74, 6) is -0.523. The predicted octanol–water partition coefficient (Wildman–Crippen LogP) is 4.04. The zero-order valence-electron chi connectivity index (χ0n) is 16.0. The molecule has 1 aliphatic heterocycles. The molecule has 1 amide bonds. The van der Waals surface area contributed by atoms with Gasteiger partial charge in [-0.05, 0) is 55.0 Å². The number of carbonyl (C=O) groups excluding carboxylic acids is 1. The van der Waals surface area contributed by atoms with Gasteiger partial charge in [-0.2, -0.15) is 8.42 Å². The van der Waals surface area contributed by atoms with E-state index >= 15 is 0 Å². The highest BCUT2D eigenvalue weighted by molar-refractivity contribution is 7.90. The van der Waals surface area contributed by atoms with E-state index in [9.17, 15) is 17.6 Å². The van der Waals surface area contributed by atoms with Crippen molar-refractivity contribution >= 4 is 33.1 Å². The van der Waals surface area contributed by atoms with Crippen molar-refractivity contribution in [2.75, 3.05) is 16.8 Å². The number of sulfonamides is 1. The van der Waals surface area contributed by atoms with Gasteiger partial charge in [-0.15, -0.1) is 4.40 Å². The Hall–Kier alpha value is -3.46. The first kappa shape index (κ1) is 19.8. The number of amidine groups is 1. The number of hydrogen-bond acceptors (Lipinski definition) is 5. The Morgan fingerprint density at radius 1 is 1.17 bits per heavy atom. The Labute approximate surface area is 172 Å². The van der Waals surface area contributed by atoms with E-state index in [0.717, 1.165) is 12.5 Å². The van der Waals surface area contributed by atoms with E-state index in [2.05, 4.69) is 9.71 Å². The second kappa shape index (κ2) is 7.75. The molecule has 3 aromatic rings. The lowest BCUT2D eigenvalue weighted by atomic mass is 10.2. The van der Waals surface area contributed by atoms with Crippen molar-refractivity contribution in [1.29, 1.82) is 0 Å². The number of anilines is 2. The maximum atomic E-state index is 13.4. The zero-order valence-corrected chi connectivity index (χ0v) is 16.8. The van der Waals surface area contributed by atoms with Crippen molar-refractivity contribution in [3.05, 3.63) is 78.0 Å². The average molecular weight is 427 g/mol. The lowest BCUT2D eigenvalue weighted by molar-refractivity contribution is 0.102. The van der Waals surface area contributed by atoms with Crippen LogP contribution in [0.4, 0.5) is 15.8 Å². The molecule has 1 aromatic heterocycles. The Morgan fingerprint density at radius 2 is 2.00 bits per heavy atom. The molecule has 0 fully saturated rings. The molecule has 0 saturated heterocycles. The normalized spacial score (nSPS) is 14.7. The summed E-state index contributed by atoms with van der Waals surface area (Å²) in [6.45, 7) is 2.49. The Balaban J connectivity index is 1.72. The molecule has 0 unspecified atom stereocenters. The van der Waals surface area contributed by atoms with Gasteiger partial charge in [-0.1, -0.05) is 13.0 Å². The monoisotopic (exact) mass is 427 g/mol. The van der Waals surface area contributed by atoms with Crippen molar-refractivity contribution in [3.63, 3.8) is 0 Å². The third-order valence-electron chi connectivity index (χ3n) is 4.52. The SMILES string of the molecule is CCCN1C(c2ccco2)=NS(=O)(=O)c2cc(NC(=O)c3cccc(F)c3)ccc21. The summed E-state index contributed by atoms with van der Waals surface area (Å²) in [6.07, 6.45) is 2.20. The quantitative estimate of drug-likeness (QED) is 0.664. The molecule has 7 nitrogen and oxygen atoms in total. The van der Waals surface area contributed by atoms with Crippen molar-refractivity contribution < 1.29 is 22.0 Å². The second-order valence-electron chi connectivity index (χ2n) is 6.67. The number of hydrogen-bond donors (Lipinski definition) is 1. The summed E-state index contributed by atoms with van der Waals surface area (Å²) >= 11 is 0. The number of nitrogens with one attached hydrogen (secondary N) is 1. The third-order valence-corrected chi connectivity index (χ3v) is 5.82. The molecule has 4 rings (SSSR count). The molecule has 154 valence electrons. The minimum atomic E-state index is -4.02. The van der Waals surface area contributed by atoms with Gasteiger partial charge >= 0.3 is 0 Å². The fourth-order valence-electron chi connectivity index (χ4n) is 3.21. The topological polar surface area (TPSA) is 92.0 Å². The summed E-state index contributed by atoms with van der Waals surface area (Å²) in [5.41, 5.74) is 0.836. The molecule has 0 aliphatic carbocycles. The van der Waals surface area contributed by atoms with E-state index in [-0.39, 0.29) is 22.0 Å². The highest BCUT2D eigenvalue weighted by Gasteiger charge is 2.32. The summed E-state index contributed by atoms with van der Waals surface area (Å²) in [6, 6.07) is 13.1. The number of rotatable bonds is 5. The van der Waals surface area contributed by atoms with Gasteiger partial charge in [-0.25, -0.2) is 4.39 Å². The Morgan fingerprint density at radius 3 is 2.70 bits per heavy atom. The molecule has 0 radical (unpaired) electrons. The van der Waals surface area contributed by atoms with Crippen LogP contribution in [-0.4, -0.2) is 26.7 Å². The van der Waals surface area contributed by atoms with Crippen LogP contribution in [0.3, 0.4) is 0 Å². The average Bonchev–Trinajstić information content (AvgIpc) is 3.25. The van der Waals surface area contributed by atoms with Crippen molar-refractivity contribution in [2.24, 2.45) is 4.40 Å². The van der Waals surface area contributed by atoms with Crippen LogP contribution in [0.1, 0.15) is 29.5 Å². The summed E-state index contributed by atoms with van der Waals surface area (Å²) < 4.78 is 48.4. The first-order chi connectivity index (χ1) is 14.4. The predicted molar refractivity (Wildman–Crippen MR) is 111 cm³/mol. The van der Waals surface area contributed by atoms with Gasteiger partial charge < -0.3 is 14.6 Å². The molecule has 0 spiro atoms. The minimum absolute atomic E-state index is 0.0247. The van der Waals surface area contributed by atoms with Crippen LogP contribution in [-0.2, 0) is 10.0 Å². The van der Waals surface area contributed by atoms with Gasteiger partial charge in [0, 0.05) is 17.8 Å². The number of furan rings is 1. The molecular formula is C21H18FN3O4S. The summed E-state index contributed by atoms with van der Waals surface area (Å²) in [4.78, 5) is 14.1. The Kier molecular flexibility index (Phi) is 5.13. The number of amides is 1. The van der Waals surface area contributed by atoms with E-state index < -0.39 is 21.7 Å². The molecule has 0 bridgehead atoms. The molecule has 2 aromatic carbocycles. The lowest BCUT2D eigenvalue weighted by Crippen LogP contribution is -2.37. The number of benzene rings is 2. The number of halogens is 1. The first-order valence-electron chi connectivity index (χ1n) is 9.26. The van der Waals surface area contributed by atoms with Crippen molar-refractivity contribution in [1.82, 2.24) is 0 Å². The molecule has 2 heterocycles. The number of carbonyl (C=O) groups is 1. The maximum Gasteiger partial charge on any atom is 0.286 e. The van der Waals surface area contributed by atoms with Gasteiger partial charge in [-0.3, -0.25) is 4.79 Å². The number of nitrogens with zero attached hydrogens (tertiary/aromatic N) is 2. The fourth-order valence-corrected chi connectivity index (χ4v) is 4.45. The minimum Gasteiger partial charge on any atom is -0.461 e. The van der Waals surface area contributed by atoms with Gasteiger partial charge in [0.2, 0.25) is 0 Å². The van der Waals surface area contributed by atoms with E-state index in [4.69, 9.17) is 4.42 Å². The van der Waals surface area contributed by atoms with E-state index in [1.807, 2.05) is 6.92 Å². The van der Waals surface area contributed by atoms with Gasteiger partial charge in [0.05, 0.1) is 12.0 Å². The van der Waals surface area contributed by atoms with E-state index in [1.165, 1.54) is 30.5 Å². The van der Waals surface area contributed by atoms with E-state index in [0.29, 0.717) is 18.0 Å². The number of fused-ring (bicyclic) bond motifs is 1. The standard InChI is InChI=1S/C21H18FN3O4S/c1-2-10-25-17-9-8-16(23-21(26)14-5-3-6-15(22)12-14)13-19(17)30(27,28)24-20(25)18-7-4-11-29-18/h3-9,11-13H,2,10H2,1H3,(H,23,26). The lowest BCUT2D eigenvalue weighted by Gasteiger charge is -2.30. The highest BCUT2D eigenvalue weighted by Crippen LogP contribution is 2.35. The van der Waals surface area contributed by atoms with E-state index in [1.54, 1.807) is 29.2 Å². The largest absolute Gasteiger partial charge is 0.461 e.